The van der Waals surface area contributed by atoms with E-state index in [0.717, 1.165) is 5.56 Å². The van der Waals surface area contributed by atoms with Gasteiger partial charge in [0.2, 0.25) is 5.78 Å². The van der Waals surface area contributed by atoms with Crippen molar-refractivity contribution >= 4 is 16.8 Å². The fraction of sp³-hybridized carbons (Fsp3) is 0.273. The maximum Gasteiger partial charge on any atom is 0.460 e. The van der Waals surface area contributed by atoms with Crippen LogP contribution in [0.25, 0.3) is 22.1 Å². The average Bonchev–Trinajstić information content (AvgIpc) is 2.93. The van der Waals surface area contributed by atoms with Crippen molar-refractivity contribution in [2.24, 2.45) is 0 Å². The fourth-order valence-corrected chi connectivity index (χ4v) is 4.06. The first kappa shape index (κ1) is 32.2. The van der Waals surface area contributed by atoms with Crippen LogP contribution < -0.4 is 5.63 Å². The Hall–Kier alpha value is -1.87. The van der Waals surface area contributed by atoms with Crippen LogP contribution >= 0.6 is 0 Å². The summed E-state index contributed by atoms with van der Waals surface area (Å²) in [4.78, 5) is 24.2. The van der Waals surface area contributed by atoms with E-state index in [1.165, 1.54) is 12.1 Å². The Labute approximate surface area is 238 Å². The molecule has 36 heavy (non-hydrogen) atoms. The molecule has 1 aromatic heterocycles. The van der Waals surface area contributed by atoms with E-state index >= 15 is 0 Å². The molecule has 2 aromatic carbocycles. The standard InChI is InChI=1S/C22H13F7O4.Eu.2H2O/c1-19(2)12-6-4-3-5-9(12)10-7-11-14(8-13(10)19)33-18(32)15(16(11)30)17(31)20(23,24)21(25,26)22(27,28)29;;;/h3-8,30H,1-2H3;;2*1H2. The molecule has 3 aromatic rings. The monoisotopic (exact) mass is 663 g/mol. The van der Waals surface area contributed by atoms with E-state index in [-0.39, 0.29) is 65.9 Å². The number of fused-ring (bicyclic) bond motifs is 4. The smallest absolute Gasteiger partial charge is 0.460 e. The van der Waals surface area contributed by atoms with E-state index in [0.29, 0.717) is 16.7 Å². The molecular weight excluding hydrogens is 645 g/mol. The Morgan fingerprint density at radius 1 is 0.917 bits per heavy atom. The van der Waals surface area contributed by atoms with Gasteiger partial charge in [-0.2, -0.15) is 30.7 Å². The number of aromatic hydroxyl groups is 1. The summed E-state index contributed by atoms with van der Waals surface area (Å²) in [6.07, 6.45) is -6.80. The Bertz CT molecular complexity index is 1400. The molecule has 1 heterocycles. The number of benzene rings is 2. The van der Waals surface area contributed by atoms with Crippen molar-refractivity contribution in [3.8, 4) is 16.9 Å². The SMILES string of the molecule is CC1(C)c2ccccc2-c2cc3c(O)c(C(=O)C(F)(F)C(F)(F)C(F)(F)F)c(=O)oc3cc21.O.O.[Eu]. The van der Waals surface area contributed by atoms with Crippen LogP contribution in [0.1, 0.15) is 35.3 Å². The zero-order chi connectivity index (χ0) is 24.7. The third-order valence-electron chi connectivity index (χ3n) is 5.84. The molecule has 1 aliphatic rings. The second-order valence-electron chi connectivity index (χ2n) is 8.15. The third-order valence-corrected chi connectivity index (χ3v) is 5.84. The minimum atomic E-state index is -6.80. The van der Waals surface area contributed by atoms with Crippen LogP contribution in [0.15, 0.2) is 45.6 Å². The molecule has 0 saturated heterocycles. The summed E-state index contributed by atoms with van der Waals surface area (Å²) < 4.78 is 96.8. The van der Waals surface area contributed by atoms with Gasteiger partial charge in [0.05, 0.1) is 5.39 Å². The van der Waals surface area contributed by atoms with Crippen molar-refractivity contribution in [1.82, 2.24) is 0 Å². The van der Waals surface area contributed by atoms with Crippen molar-refractivity contribution in [2.75, 3.05) is 0 Å². The molecule has 0 aliphatic heterocycles. The van der Waals surface area contributed by atoms with E-state index in [1.54, 1.807) is 18.2 Å². The summed E-state index contributed by atoms with van der Waals surface area (Å²) in [5.74, 6) is -17.9. The Morgan fingerprint density at radius 2 is 1.47 bits per heavy atom. The molecule has 1 aliphatic carbocycles. The number of Topliss-reactive ketones (excluding diaryl/α,β-unsaturated/α-hetero) is 1. The topological polar surface area (TPSA) is 131 Å². The van der Waals surface area contributed by atoms with Crippen LogP contribution in [0, 0.1) is 49.4 Å². The minimum absolute atomic E-state index is 0. The molecule has 4 rings (SSSR count). The molecule has 0 unspecified atom stereocenters. The van der Waals surface area contributed by atoms with Crippen molar-refractivity contribution in [1.29, 1.82) is 0 Å². The zero-order valence-corrected chi connectivity index (χ0v) is 20.6. The number of carbonyl (C=O) groups excluding carboxylic acids is 1. The fourth-order valence-electron chi connectivity index (χ4n) is 4.06. The summed E-state index contributed by atoms with van der Waals surface area (Å²) >= 11 is 0. The molecule has 197 valence electrons. The maximum atomic E-state index is 13.9. The van der Waals surface area contributed by atoms with Crippen LogP contribution in [-0.4, -0.2) is 39.9 Å². The van der Waals surface area contributed by atoms with Crippen LogP contribution in [0.3, 0.4) is 0 Å². The summed E-state index contributed by atoms with van der Waals surface area (Å²) in [6.45, 7) is 3.69. The first-order valence-electron chi connectivity index (χ1n) is 9.35. The van der Waals surface area contributed by atoms with Crippen molar-refractivity contribution in [3.05, 3.63) is 63.5 Å². The minimum Gasteiger partial charge on any atom is -0.506 e. The van der Waals surface area contributed by atoms with Crippen LogP contribution in [0.5, 0.6) is 5.75 Å². The molecule has 6 nitrogen and oxygen atoms in total. The van der Waals surface area contributed by atoms with E-state index in [1.807, 2.05) is 19.9 Å². The first-order valence-corrected chi connectivity index (χ1v) is 9.35. The van der Waals surface area contributed by atoms with E-state index in [9.17, 15) is 45.4 Å². The number of halogens is 7. The van der Waals surface area contributed by atoms with Crippen molar-refractivity contribution in [2.45, 2.75) is 37.3 Å². The van der Waals surface area contributed by atoms with Crippen molar-refractivity contribution < 1.29 is 105 Å². The van der Waals surface area contributed by atoms with E-state index in [4.69, 9.17) is 4.42 Å². The van der Waals surface area contributed by atoms with Gasteiger partial charge in [0.1, 0.15) is 11.3 Å². The first-order chi connectivity index (χ1) is 15.0. The second kappa shape index (κ2) is 9.78. The Balaban J connectivity index is 0.00000216. The van der Waals surface area contributed by atoms with Gasteiger partial charge in [0.25, 0.3) is 0 Å². The summed E-state index contributed by atoms with van der Waals surface area (Å²) in [5, 5.41) is 9.93. The predicted molar refractivity (Wildman–Crippen MR) is 109 cm³/mol. The van der Waals surface area contributed by atoms with Gasteiger partial charge in [-0.3, -0.25) is 4.79 Å². The summed E-state index contributed by atoms with van der Waals surface area (Å²) in [6, 6.07) is 9.52. The normalized spacial score (nSPS) is 14.1. The molecular formula is C22H17EuF7O6. The van der Waals surface area contributed by atoms with Gasteiger partial charge in [-0.1, -0.05) is 38.1 Å². The molecule has 0 saturated carbocycles. The van der Waals surface area contributed by atoms with Gasteiger partial charge in [0, 0.05) is 54.8 Å². The van der Waals surface area contributed by atoms with Gasteiger partial charge in [-0.15, -0.1) is 0 Å². The molecule has 0 amide bonds. The predicted octanol–water partition coefficient (Wildman–Crippen LogP) is 4.17. The van der Waals surface area contributed by atoms with E-state index in [2.05, 4.69) is 0 Å². The summed E-state index contributed by atoms with van der Waals surface area (Å²) in [5.41, 5.74) is -2.34. The molecule has 5 N–H and O–H groups in total. The number of ketones is 1. The Kier molecular flexibility index (Phi) is 8.74. The van der Waals surface area contributed by atoms with Gasteiger partial charge >= 0.3 is 23.6 Å². The number of rotatable bonds is 3. The number of hydrogen-bond donors (Lipinski definition) is 1. The molecule has 0 atom stereocenters. The van der Waals surface area contributed by atoms with E-state index < -0.39 is 51.5 Å². The third kappa shape index (κ3) is 4.30. The number of carbonyl (C=O) groups is 1. The van der Waals surface area contributed by atoms with Crippen molar-refractivity contribution in [3.63, 3.8) is 0 Å². The Morgan fingerprint density at radius 3 is 2.03 bits per heavy atom. The zero-order valence-electron chi connectivity index (χ0n) is 18.2. The molecule has 0 bridgehead atoms. The largest absolute Gasteiger partial charge is 0.506 e. The van der Waals surface area contributed by atoms with Gasteiger partial charge in [0.15, 0.2) is 5.56 Å². The van der Waals surface area contributed by atoms with Crippen LogP contribution in [-0.2, 0) is 5.41 Å². The van der Waals surface area contributed by atoms with Gasteiger partial charge in [-0.05, 0) is 34.4 Å². The van der Waals surface area contributed by atoms with Gasteiger partial charge < -0.3 is 20.5 Å². The number of hydrogen-bond acceptors (Lipinski definition) is 4. The molecule has 1 radical (unpaired) electrons. The summed E-state index contributed by atoms with van der Waals surface area (Å²) in [7, 11) is 0. The molecule has 0 fully saturated rings. The van der Waals surface area contributed by atoms with Gasteiger partial charge in [-0.25, -0.2) is 4.79 Å². The number of alkyl halides is 7. The molecule has 0 spiro atoms. The maximum absolute atomic E-state index is 13.9. The quantitative estimate of drug-likeness (QED) is 0.256. The molecule has 14 heteroatoms. The average molecular weight is 662 g/mol. The van der Waals surface area contributed by atoms with Crippen LogP contribution in [0.4, 0.5) is 30.7 Å². The second-order valence-corrected chi connectivity index (χ2v) is 8.15. The van der Waals surface area contributed by atoms with Crippen LogP contribution in [0.2, 0.25) is 0 Å².